The van der Waals surface area contributed by atoms with E-state index < -0.39 is 12.6 Å². The number of benzene rings is 1. The fourth-order valence-electron chi connectivity index (χ4n) is 3.48. The monoisotopic (exact) mass is 400 g/mol. The summed E-state index contributed by atoms with van der Waals surface area (Å²) in [5.41, 5.74) is 2.05. The van der Waals surface area contributed by atoms with Crippen LogP contribution in [0.4, 0.5) is 13.2 Å². The Morgan fingerprint density at radius 3 is 2.45 bits per heavy atom. The third kappa shape index (κ3) is 4.47. The molecular formula is C21H19F3N4O. The van der Waals surface area contributed by atoms with Crippen molar-refractivity contribution < 1.29 is 13.2 Å². The zero-order valence-corrected chi connectivity index (χ0v) is 15.5. The molecule has 150 valence electrons. The highest BCUT2D eigenvalue weighted by molar-refractivity contribution is 5.56. The second-order valence-electron chi connectivity index (χ2n) is 6.99. The molecule has 0 spiro atoms. The lowest BCUT2D eigenvalue weighted by atomic mass is 9.91. The minimum Gasteiger partial charge on any atom is -0.271 e. The number of nitrogens with zero attached hydrogens (tertiary/aromatic N) is 3. The first-order valence-corrected chi connectivity index (χ1v) is 9.38. The van der Waals surface area contributed by atoms with Crippen LogP contribution in [0.3, 0.4) is 0 Å². The summed E-state index contributed by atoms with van der Waals surface area (Å²) >= 11 is 0. The number of hydrogen-bond donors (Lipinski definition) is 1. The Hall–Kier alpha value is -3.16. The fourth-order valence-corrected chi connectivity index (χ4v) is 3.48. The number of aryl methyl sites for hydroxylation is 1. The van der Waals surface area contributed by atoms with Gasteiger partial charge in [-0.3, -0.25) is 9.89 Å². The fraction of sp³-hybridized carbons (Fsp3) is 0.286. The highest BCUT2D eigenvalue weighted by Crippen LogP contribution is 2.33. The van der Waals surface area contributed by atoms with Gasteiger partial charge in [-0.1, -0.05) is 42.5 Å². The lowest BCUT2D eigenvalue weighted by molar-refractivity contribution is -0.126. The van der Waals surface area contributed by atoms with Gasteiger partial charge in [0.25, 0.3) is 11.3 Å². The van der Waals surface area contributed by atoms with Crippen molar-refractivity contribution >= 4 is 5.78 Å². The van der Waals surface area contributed by atoms with Gasteiger partial charge in [-0.2, -0.15) is 22.7 Å². The van der Waals surface area contributed by atoms with E-state index in [0.717, 1.165) is 12.0 Å². The number of aromatic amines is 1. The van der Waals surface area contributed by atoms with Crippen LogP contribution in [0.5, 0.6) is 0 Å². The van der Waals surface area contributed by atoms with Gasteiger partial charge in [0.05, 0.1) is 12.1 Å². The quantitative estimate of drug-likeness (QED) is 0.680. The number of H-pyrrole nitrogens is 1. The first kappa shape index (κ1) is 19.2. The Kier molecular flexibility index (Phi) is 5.08. The topological polar surface area (TPSA) is 63.0 Å². The molecule has 0 unspecified atom stereocenters. The summed E-state index contributed by atoms with van der Waals surface area (Å²) in [4.78, 5) is 21.2. The van der Waals surface area contributed by atoms with Crippen LogP contribution in [0.2, 0.25) is 0 Å². The number of hydrogen-bond acceptors (Lipinski definition) is 3. The van der Waals surface area contributed by atoms with Crippen molar-refractivity contribution in [2.45, 2.75) is 38.3 Å². The van der Waals surface area contributed by atoms with Crippen LogP contribution in [0.15, 0.2) is 64.5 Å². The lowest BCUT2D eigenvalue weighted by Crippen LogP contribution is -2.16. The number of nitrogens with one attached hydrogen (secondary N) is 1. The third-order valence-corrected chi connectivity index (χ3v) is 4.83. The zero-order valence-electron chi connectivity index (χ0n) is 15.5. The van der Waals surface area contributed by atoms with Gasteiger partial charge in [0.2, 0.25) is 0 Å². The van der Waals surface area contributed by atoms with Crippen LogP contribution in [-0.2, 0) is 6.42 Å². The van der Waals surface area contributed by atoms with Gasteiger partial charge in [0, 0.05) is 11.6 Å². The molecule has 4 rings (SSSR count). The Morgan fingerprint density at radius 1 is 1.00 bits per heavy atom. The number of alkyl halides is 3. The van der Waals surface area contributed by atoms with Crippen LogP contribution in [0, 0.1) is 0 Å². The smallest absolute Gasteiger partial charge is 0.271 e. The van der Waals surface area contributed by atoms with E-state index >= 15 is 0 Å². The molecule has 1 aliphatic carbocycles. The van der Waals surface area contributed by atoms with Crippen LogP contribution in [0.25, 0.3) is 17.2 Å². The molecule has 2 heterocycles. The Labute approximate surface area is 164 Å². The number of rotatable bonds is 5. The van der Waals surface area contributed by atoms with Gasteiger partial charge in [-0.25, -0.2) is 4.98 Å². The molecule has 0 amide bonds. The average Bonchev–Trinajstić information content (AvgIpc) is 3.12. The Morgan fingerprint density at radius 2 is 1.72 bits per heavy atom. The first-order valence-electron chi connectivity index (χ1n) is 9.38. The molecule has 1 N–H and O–H groups in total. The minimum absolute atomic E-state index is 0.245. The van der Waals surface area contributed by atoms with Crippen LogP contribution >= 0.6 is 0 Å². The highest BCUT2D eigenvalue weighted by atomic mass is 19.4. The van der Waals surface area contributed by atoms with E-state index in [1.54, 1.807) is 6.08 Å². The molecule has 0 bridgehead atoms. The van der Waals surface area contributed by atoms with Gasteiger partial charge >= 0.3 is 6.18 Å². The number of halogens is 3. The highest BCUT2D eigenvalue weighted by Gasteiger charge is 2.30. The Balaban J connectivity index is 1.55. The molecule has 0 aliphatic heterocycles. The molecule has 3 aromatic rings. The maximum atomic E-state index is 12.8. The maximum Gasteiger partial charge on any atom is 0.393 e. The molecule has 0 fully saturated rings. The van der Waals surface area contributed by atoms with Gasteiger partial charge in [-0.15, -0.1) is 0 Å². The Bertz CT molecular complexity index is 1140. The lowest BCUT2D eigenvalue weighted by Gasteiger charge is -2.18. The van der Waals surface area contributed by atoms with Crippen molar-refractivity contribution in [3.8, 4) is 11.4 Å². The van der Waals surface area contributed by atoms with Crippen molar-refractivity contribution in [2.75, 3.05) is 0 Å². The van der Waals surface area contributed by atoms with Crippen LogP contribution < -0.4 is 5.56 Å². The summed E-state index contributed by atoms with van der Waals surface area (Å²) in [5.74, 6) is 0.771. The molecule has 0 radical (unpaired) electrons. The van der Waals surface area contributed by atoms with Crippen molar-refractivity contribution in [1.82, 2.24) is 19.6 Å². The van der Waals surface area contributed by atoms with E-state index in [4.69, 9.17) is 0 Å². The molecule has 8 heteroatoms. The van der Waals surface area contributed by atoms with Crippen molar-refractivity contribution in [2.24, 2.45) is 0 Å². The van der Waals surface area contributed by atoms with Crippen molar-refractivity contribution in [3.63, 3.8) is 0 Å². The van der Waals surface area contributed by atoms with Crippen LogP contribution in [-0.4, -0.2) is 25.8 Å². The van der Waals surface area contributed by atoms with E-state index in [9.17, 15) is 18.0 Å². The standard InChI is InChI=1S/C21H19F3N4O/c22-21(23,24)13-16-9-5-4-6-14(16)10-11-17-12-18(29)28-20(25-17)26-19(27-28)15-7-2-1-3-8-15/h1-3,6-9,12H,4-5,10-11,13H2,(H,25,26,27). The molecule has 5 nitrogen and oxygen atoms in total. The predicted octanol–water partition coefficient (Wildman–Crippen LogP) is 4.62. The molecule has 0 saturated carbocycles. The summed E-state index contributed by atoms with van der Waals surface area (Å²) in [5, 5.41) is 2.93. The molecule has 0 saturated heterocycles. The first-order chi connectivity index (χ1) is 13.9. The normalized spacial score (nSPS) is 14.7. The van der Waals surface area contributed by atoms with E-state index in [1.165, 1.54) is 10.6 Å². The van der Waals surface area contributed by atoms with Gasteiger partial charge in [0.1, 0.15) is 0 Å². The second kappa shape index (κ2) is 7.69. The summed E-state index contributed by atoms with van der Waals surface area (Å²) in [6.07, 6.45) is 0.486. The SMILES string of the molecule is O=c1cc(CCC2=CCCC=C2CC(F)(F)F)nc2nc(-c3ccccc3)[nH]n12. The number of aromatic nitrogens is 4. The van der Waals surface area contributed by atoms with Crippen molar-refractivity contribution in [3.05, 3.63) is 75.7 Å². The second-order valence-corrected chi connectivity index (χ2v) is 6.99. The number of allylic oxidation sites excluding steroid dienone is 4. The summed E-state index contributed by atoms with van der Waals surface area (Å²) in [7, 11) is 0. The summed E-state index contributed by atoms with van der Waals surface area (Å²) in [6, 6.07) is 10.8. The van der Waals surface area contributed by atoms with Gasteiger partial charge < -0.3 is 0 Å². The minimum atomic E-state index is -4.23. The van der Waals surface area contributed by atoms with Crippen molar-refractivity contribution in [1.29, 1.82) is 0 Å². The summed E-state index contributed by atoms with van der Waals surface area (Å²) in [6.45, 7) is 0. The molecule has 1 aromatic carbocycles. The predicted molar refractivity (Wildman–Crippen MR) is 103 cm³/mol. The largest absolute Gasteiger partial charge is 0.393 e. The molecule has 0 atom stereocenters. The molecular weight excluding hydrogens is 381 g/mol. The number of fused-ring (bicyclic) bond motifs is 1. The zero-order chi connectivity index (χ0) is 20.4. The third-order valence-electron chi connectivity index (χ3n) is 4.83. The van der Waals surface area contributed by atoms with Gasteiger partial charge in [0.15, 0.2) is 5.82 Å². The maximum absolute atomic E-state index is 12.8. The van der Waals surface area contributed by atoms with E-state index in [0.29, 0.717) is 41.9 Å². The molecule has 1 aliphatic rings. The average molecular weight is 400 g/mol. The molecule has 2 aromatic heterocycles. The van der Waals surface area contributed by atoms with E-state index in [-0.39, 0.29) is 11.3 Å². The molecule has 29 heavy (non-hydrogen) atoms. The summed E-state index contributed by atoms with van der Waals surface area (Å²) < 4.78 is 39.7. The van der Waals surface area contributed by atoms with E-state index in [1.807, 2.05) is 36.4 Å². The van der Waals surface area contributed by atoms with Gasteiger partial charge in [-0.05, 0) is 36.8 Å². The van der Waals surface area contributed by atoms with Crippen LogP contribution in [0.1, 0.15) is 31.4 Å². The van der Waals surface area contributed by atoms with E-state index in [2.05, 4.69) is 15.1 Å².